The third kappa shape index (κ3) is 2.57. The van der Waals surface area contributed by atoms with Gasteiger partial charge in [0.1, 0.15) is 5.82 Å². The van der Waals surface area contributed by atoms with Gasteiger partial charge in [-0.05, 0) is 31.2 Å². The third-order valence-corrected chi connectivity index (χ3v) is 3.71. The van der Waals surface area contributed by atoms with E-state index in [4.69, 9.17) is 0 Å². The lowest BCUT2D eigenvalue weighted by molar-refractivity contribution is 0.0697. The number of halogens is 1. The first-order valence-corrected chi connectivity index (χ1v) is 6.17. The zero-order chi connectivity index (χ0) is 12.4. The number of hydrogen-bond donors (Lipinski definition) is 1. The van der Waals surface area contributed by atoms with E-state index in [0.717, 1.165) is 19.3 Å². The van der Waals surface area contributed by atoms with Gasteiger partial charge < -0.3 is 9.67 Å². The van der Waals surface area contributed by atoms with E-state index >= 15 is 0 Å². The van der Waals surface area contributed by atoms with Crippen molar-refractivity contribution in [3.63, 3.8) is 0 Å². The van der Waals surface area contributed by atoms with Crippen molar-refractivity contribution in [2.75, 3.05) is 0 Å². The SMILES string of the molecule is CCC1CCC(O)CC1n1cc(F)ccc1=O. The molecule has 1 aromatic rings. The summed E-state index contributed by atoms with van der Waals surface area (Å²) in [6.07, 6.45) is 4.04. The van der Waals surface area contributed by atoms with Gasteiger partial charge in [-0.25, -0.2) is 4.39 Å². The summed E-state index contributed by atoms with van der Waals surface area (Å²) in [6.45, 7) is 2.07. The summed E-state index contributed by atoms with van der Waals surface area (Å²) in [6, 6.07) is 2.36. The number of pyridine rings is 1. The molecule has 2 rings (SSSR count). The average molecular weight is 239 g/mol. The third-order valence-electron chi connectivity index (χ3n) is 3.71. The molecule has 0 bridgehead atoms. The van der Waals surface area contributed by atoms with Crippen molar-refractivity contribution in [3.8, 4) is 0 Å². The van der Waals surface area contributed by atoms with E-state index in [1.807, 2.05) is 0 Å². The minimum absolute atomic E-state index is 0.0769. The predicted octanol–water partition coefficient (Wildman–Crippen LogP) is 2.10. The fourth-order valence-corrected chi connectivity index (χ4v) is 2.74. The topological polar surface area (TPSA) is 42.2 Å². The van der Waals surface area contributed by atoms with Crippen LogP contribution in [0.25, 0.3) is 0 Å². The fraction of sp³-hybridized carbons (Fsp3) is 0.615. The molecule has 0 aromatic carbocycles. The Balaban J connectivity index is 2.35. The van der Waals surface area contributed by atoms with Crippen LogP contribution in [0, 0.1) is 11.7 Å². The highest BCUT2D eigenvalue weighted by Crippen LogP contribution is 2.35. The van der Waals surface area contributed by atoms with Gasteiger partial charge in [0.15, 0.2) is 0 Å². The summed E-state index contributed by atoms with van der Waals surface area (Å²) in [5, 5.41) is 9.71. The number of aliphatic hydroxyl groups excluding tert-OH is 1. The molecule has 3 nitrogen and oxygen atoms in total. The molecule has 1 fully saturated rings. The molecule has 1 heterocycles. The van der Waals surface area contributed by atoms with Gasteiger partial charge in [0, 0.05) is 18.3 Å². The van der Waals surface area contributed by atoms with Crippen LogP contribution in [-0.2, 0) is 0 Å². The number of aliphatic hydroxyl groups is 1. The molecule has 0 saturated heterocycles. The van der Waals surface area contributed by atoms with Crippen molar-refractivity contribution in [2.45, 2.75) is 44.8 Å². The van der Waals surface area contributed by atoms with Gasteiger partial charge in [-0.2, -0.15) is 0 Å². The Kier molecular flexibility index (Phi) is 3.62. The first-order valence-electron chi connectivity index (χ1n) is 6.17. The second kappa shape index (κ2) is 5.00. The highest BCUT2D eigenvalue weighted by molar-refractivity contribution is 5.00. The van der Waals surface area contributed by atoms with Gasteiger partial charge in [0.05, 0.1) is 6.10 Å². The van der Waals surface area contributed by atoms with Crippen LogP contribution < -0.4 is 5.56 Å². The van der Waals surface area contributed by atoms with Crippen LogP contribution in [0.15, 0.2) is 23.1 Å². The fourth-order valence-electron chi connectivity index (χ4n) is 2.74. The summed E-state index contributed by atoms with van der Waals surface area (Å²) in [5.74, 6) is -0.0579. The van der Waals surface area contributed by atoms with Gasteiger partial charge in [-0.15, -0.1) is 0 Å². The van der Waals surface area contributed by atoms with Crippen LogP contribution in [0.3, 0.4) is 0 Å². The molecule has 1 aromatic heterocycles. The van der Waals surface area contributed by atoms with E-state index in [-0.39, 0.29) is 17.7 Å². The zero-order valence-corrected chi connectivity index (χ0v) is 9.97. The van der Waals surface area contributed by atoms with E-state index in [1.54, 1.807) is 0 Å². The minimum Gasteiger partial charge on any atom is -0.393 e. The molecule has 4 heteroatoms. The number of nitrogens with zero attached hydrogens (tertiary/aromatic N) is 1. The van der Waals surface area contributed by atoms with Crippen molar-refractivity contribution in [1.29, 1.82) is 0 Å². The first kappa shape index (κ1) is 12.3. The maximum Gasteiger partial charge on any atom is 0.250 e. The second-order valence-electron chi connectivity index (χ2n) is 4.80. The lowest BCUT2D eigenvalue weighted by Gasteiger charge is -2.34. The van der Waals surface area contributed by atoms with Crippen molar-refractivity contribution in [2.24, 2.45) is 5.92 Å². The van der Waals surface area contributed by atoms with Crippen molar-refractivity contribution < 1.29 is 9.50 Å². The molecule has 1 aliphatic rings. The Hall–Kier alpha value is -1.16. The number of hydrogen-bond acceptors (Lipinski definition) is 2. The molecule has 3 atom stereocenters. The molecule has 0 radical (unpaired) electrons. The first-order chi connectivity index (χ1) is 8.11. The highest BCUT2D eigenvalue weighted by atomic mass is 19.1. The van der Waals surface area contributed by atoms with E-state index in [9.17, 15) is 14.3 Å². The summed E-state index contributed by atoms with van der Waals surface area (Å²) >= 11 is 0. The smallest absolute Gasteiger partial charge is 0.250 e. The van der Waals surface area contributed by atoms with E-state index < -0.39 is 5.82 Å². The van der Waals surface area contributed by atoms with Crippen molar-refractivity contribution >= 4 is 0 Å². The highest BCUT2D eigenvalue weighted by Gasteiger charge is 2.30. The van der Waals surface area contributed by atoms with Gasteiger partial charge in [-0.3, -0.25) is 4.79 Å². The van der Waals surface area contributed by atoms with Gasteiger partial charge in [-0.1, -0.05) is 13.3 Å². The summed E-state index contributed by atoms with van der Waals surface area (Å²) in [7, 11) is 0. The Labute approximate surface area is 99.9 Å². The van der Waals surface area contributed by atoms with Gasteiger partial charge in [0.25, 0.3) is 5.56 Å². The van der Waals surface area contributed by atoms with Crippen LogP contribution in [0.1, 0.15) is 38.6 Å². The number of aromatic nitrogens is 1. The molecule has 1 N–H and O–H groups in total. The Bertz CT molecular complexity index is 443. The summed E-state index contributed by atoms with van der Waals surface area (Å²) in [5.41, 5.74) is -0.191. The predicted molar refractivity (Wildman–Crippen MR) is 63.3 cm³/mol. The quantitative estimate of drug-likeness (QED) is 0.858. The molecular weight excluding hydrogens is 221 g/mol. The van der Waals surface area contributed by atoms with Crippen LogP contribution >= 0.6 is 0 Å². The van der Waals surface area contributed by atoms with E-state index in [2.05, 4.69) is 6.92 Å². The summed E-state index contributed by atoms with van der Waals surface area (Å²) in [4.78, 5) is 11.8. The van der Waals surface area contributed by atoms with Crippen LogP contribution in [0.2, 0.25) is 0 Å². The molecule has 0 aliphatic heterocycles. The molecular formula is C13H18FNO2. The van der Waals surface area contributed by atoms with Crippen LogP contribution in [0.5, 0.6) is 0 Å². The van der Waals surface area contributed by atoms with Crippen molar-refractivity contribution in [3.05, 3.63) is 34.5 Å². The maximum atomic E-state index is 13.2. The van der Waals surface area contributed by atoms with E-state index in [0.29, 0.717) is 12.3 Å². The average Bonchev–Trinajstić information content (AvgIpc) is 2.32. The lowest BCUT2D eigenvalue weighted by atomic mass is 9.81. The van der Waals surface area contributed by atoms with Crippen molar-refractivity contribution in [1.82, 2.24) is 4.57 Å². The molecule has 1 aliphatic carbocycles. The Morgan fingerprint density at radius 1 is 1.47 bits per heavy atom. The molecule has 17 heavy (non-hydrogen) atoms. The van der Waals surface area contributed by atoms with Crippen LogP contribution in [-0.4, -0.2) is 15.8 Å². The summed E-state index contributed by atoms with van der Waals surface area (Å²) < 4.78 is 14.7. The second-order valence-corrected chi connectivity index (χ2v) is 4.80. The Morgan fingerprint density at radius 3 is 2.94 bits per heavy atom. The molecule has 0 amide bonds. The molecule has 0 spiro atoms. The minimum atomic E-state index is -0.403. The monoisotopic (exact) mass is 239 g/mol. The van der Waals surface area contributed by atoms with Gasteiger partial charge >= 0.3 is 0 Å². The standard InChI is InChI=1S/C13H18FNO2/c1-2-9-3-5-11(16)7-12(9)15-8-10(14)4-6-13(15)17/h4,6,8-9,11-12,16H,2-3,5,7H2,1H3. The largest absolute Gasteiger partial charge is 0.393 e. The van der Waals surface area contributed by atoms with Crippen LogP contribution in [0.4, 0.5) is 4.39 Å². The molecule has 3 unspecified atom stereocenters. The van der Waals surface area contributed by atoms with Gasteiger partial charge in [0.2, 0.25) is 0 Å². The normalized spacial score (nSPS) is 29.2. The Morgan fingerprint density at radius 2 is 2.24 bits per heavy atom. The number of rotatable bonds is 2. The maximum absolute atomic E-state index is 13.2. The molecule has 1 saturated carbocycles. The molecule has 94 valence electrons. The zero-order valence-electron chi connectivity index (χ0n) is 9.97. The van der Waals surface area contributed by atoms with E-state index in [1.165, 1.54) is 22.9 Å². The lowest BCUT2D eigenvalue weighted by Crippen LogP contribution is -2.35.